The van der Waals surface area contributed by atoms with Gasteiger partial charge in [0.15, 0.2) is 5.82 Å². The highest BCUT2D eigenvalue weighted by molar-refractivity contribution is 5.93. The number of hydrogen-bond donors (Lipinski definition) is 1. The second-order valence-corrected chi connectivity index (χ2v) is 6.31. The summed E-state index contributed by atoms with van der Waals surface area (Å²) < 4.78 is 10.4. The molecule has 1 saturated heterocycles. The number of ether oxygens (including phenoxy) is 1. The molecule has 0 radical (unpaired) electrons. The van der Waals surface area contributed by atoms with Crippen LogP contribution < -0.4 is 4.74 Å². The van der Waals surface area contributed by atoms with Crippen LogP contribution in [-0.2, 0) is 0 Å². The minimum Gasteiger partial charge on any atom is -0.497 e. The maximum absolute atomic E-state index is 12.7. The van der Waals surface area contributed by atoms with Crippen LogP contribution in [0.2, 0.25) is 0 Å². The van der Waals surface area contributed by atoms with Crippen LogP contribution in [0.5, 0.6) is 5.75 Å². The van der Waals surface area contributed by atoms with Crippen molar-refractivity contribution in [2.45, 2.75) is 19.3 Å². The van der Waals surface area contributed by atoms with Crippen LogP contribution in [0.1, 0.15) is 34.5 Å². The Balaban J connectivity index is 1.46. The van der Waals surface area contributed by atoms with Crippen LogP contribution in [0.3, 0.4) is 0 Å². The molecule has 1 amide bonds. The van der Waals surface area contributed by atoms with E-state index in [1.165, 1.54) is 0 Å². The number of nitrogens with zero attached hydrogens (tertiary/aromatic N) is 4. The number of aromatic nitrogens is 4. The first-order valence-electron chi connectivity index (χ1n) is 8.43. The largest absolute Gasteiger partial charge is 0.497 e. The second kappa shape index (κ2) is 6.62. The lowest BCUT2D eigenvalue weighted by Crippen LogP contribution is -2.28. The molecule has 8 nitrogen and oxygen atoms in total. The van der Waals surface area contributed by atoms with Gasteiger partial charge in [-0.15, -0.1) is 0 Å². The predicted molar refractivity (Wildman–Crippen MR) is 92.9 cm³/mol. The van der Waals surface area contributed by atoms with Crippen molar-refractivity contribution in [2.24, 2.45) is 0 Å². The third-order valence-electron chi connectivity index (χ3n) is 4.56. The zero-order valence-electron chi connectivity index (χ0n) is 14.6. The molecule has 26 heavy (non-hydrogen) atoms. The third kappa shape index (κ3) is 3.05. The lowest BCUT2D eigenvalue weighted by molar-refractivity contribution is 0.0783. The van der Waals surface area contributed by atoms with Crippen LogP contribution in [-0.4, -0.2) is 51.3 Å². The number of carbonyl (C=O) groups is 1. The van der Waals surface area contributed by atoms with Crippen LogP contribution in [0.25, 0.3) is 11.3 Å². The monoisotopic (exact) mass is 353 g/mol. The van der Waals surface area contributed by atoms with Crippen LogP contribution in [0, 0.1) is 6.92 Å². The molecule has 1 aliphatic heterocycles. The molecule has 3 heterocycles. The molecule has 1 aromatic carbocycles. The standard InChI is InChI=1S/C18H19N5O3/c1-11-19-17(26-22-11)13-7-8-23(10-13)18(24)16-9-15(20-21-16)12-3-5-14(25-2)6-4-12/h3-6,9,13H,7-8,10H2,1-2H3,(H,20,21). The molecule has 4 rings (SSSR count). The van der Waals surface area contributed by atoms with Gasteiger partial charge in [-0.25, -0.2) is 0 Å². The Hall–Kier alpha value is -3.16. The lowest BCUT2D eigenvalue weighted by atomic mass is 10.1. The number of benzene rings is 1. The summed E-state index contributed by atoms with van der Waals surface area (Å²) in [6, 6.07) is 9.32. The average Bonchev–Trinajstić information content (AvgIpc) is 3.41. The van der Waals surface area contributed by atoms with E-state index >= 15 is 0 Å². The van der Waals surface area contributed by atoms with E-state index in [0.29, 0.717) is 30.5 Å². The van der Waals surface area contributed by atoms with Crippen molar-refractivity contribution in [3.05, 3.63) is 47.7 Å². The Labute approximate surface area is 150 Å². The molecule has 8 heteroatoms. The maximum atomic E-state index is 12.7. The van der Waals surface area contributed by atoms with Crippen molar-refractivity contribution in [1.29, 1.82) is 0 Å². The van der Waals surface area contributed by atoms with Gasteiger partial charge in [0.2, 0.25) is 5.89 Å². The van der Waals surface area contributed by atoms with Crippen molar-refractivity contribution in [1.82, 2.24) is 25.2 Å². The molecule has 1 fully saturated rings. The van der Waals surface area contributed by atoms with Crippen LogP contribution >= 0.6 is 0 Å². The first-order chi connectivity index (χ1) is 12.6. The first kappa shape index (κ1) is 16.3. The highest BCUT2D eigenvalue weighted by Crippen LogP contribution is 2.27. The minimum atomic E-state index is -0.0731. The number of likely N-dealkylation sites (tertiary alicyclic amines) is 1. The lowest BCUT2D eigenvalue weighted by Gasteiger charge is -2.14. The fourth-order valence-corrected chi connectivity index (χ4v) is 3.14. The van der Waals surface area contributed by atoms with Crippen molar-refractivity contribution >= 4 is 5.91 Å². The van der Waals surface area contributed by atoms with Gasteiger partial charge >= 0.3 is 0 Å². The third-order valence-corrected chi connectivity index (χ3v) is 4.56. The SMILES string of the molecule is COc1ccc(-c2cc(C(=O)N3CCC(c4nc(C)no4)C3)[nH]n2)cc1. The predicted octanol–water partition coefficient (Wildman–Crippen LogP) is 2.41. The van der Waals surface area contributed by atoms with Gasteiger partial charge in [0.25, 0.3) is 5.91 Å². The number of aromatic amines is 1. The molecule has 134 valence electrons. The van der Waals surface area contributed by atoms with E-state index in [0.717, 1.165) is 23.4 Å². The molecular weight excluding hydrogens is 334 g/mol. The van der Waals surface area contributed by atoms with Crippen LogP contribution in [0.4, 0.5) is 0 Å². The molecular formula is C18H19N5O3. The number of carbonyl (C=O) groups excluding carboxylic acids is 1. The van der Waals surface area contributed by atoms with Gasteiger partial charge < -0.3 is 14.2 Å². The number of nitrogens with one attached hydrogen (secondary N) is 1. The fourth-order valence-electron chi connectivity index (χ4n) is 3.14. The number of aryl methyl sites for hydroxylation is 1. The van der Waals surface area contributed by atoms with Gasteiger partial charge in [-0.2, -0.15) is 10.1 Å². The molecule has 0 spiro atoms. The Morgan fingerprint density at radius 1 is 1.35 bits per heavy atom. The zero-order chi connectivity index (χ0) is 18.1. The fraction of sp³-hybridized carbons (Fsp3) is 0.333. The summed E-state index contributed by atoms with van der Waals surface area (Å²) in [6.07, 6.45) is 0.812. The van der Waals surface area contributed by atoms with E-state index in [2.05, 4.69) is 20.3 Å². The maximum Gasteiger partial charge on any atom is 0.271 e. The summed E-state index contributed by atoms with van der Waals surface area (Å²) in [5.74, 6) is 2.00. The number of amides is 1. The molecule has 1 atom stereocenters. The van der Waals surface area contributed by atoms with Crippen molar-refractivity contribution in [3.8, 4) is 17.0 Å². The topological polar surface area (TPSA) is 97.1 Å². The normalized spacial score (nSPS) is 16.8. The zero-order valence-corrected chi connectivity index (χ0v) is 14.6. The van der Waals surface area contributed by atoms with Gasteiger partial charge in [0, 0.05) is 18.7 Å². The molecule has 1 aliphatic rings. The summed E-state index contributed by atoms with van der Waals surface area (Å²) in [5.41, 5.74) is 2.11. The smallest absolute Gasteiger partial charge is 0.271 e. The summed E-state index contributed by atoms with van der Waals surface area (Å²) >= 11 is 0. The Morgan fingerprint density at radius 3 is 2.85 bits per heavy atom. The summed E-state index contributed by atoms with van der Waals surface area (Å²) in [5, 5.41) is 10.9. The Bertz CT molecular complexity index is 915. The Morgan fingerprint density at radius 2 is 2.15 bits per heavy atom. The number of rotatable bonds is 4. The van der Waals surface area contributed by atoms with E-state index in [4.69, 9.17) is 9.26 Å². The Kier molecular flexibility index (Phi) is 4.16. The number of H-pyrrole nitrogens is 1. The first-order valence-corrected chi connectivity index (χ1v) is 8.43. The van der Waals surface area contributed by atoms with Gasteiger partial charge in [0.05, 0.1) is 18.7 Å². The summed E-state index contributed by atoms with van der Waals surface area (Å²) in [6.45, 7) is 3.01. The quantitative estimate of drug-likeness (QED) is 0.773. The van der Waals surface area contributed by atoms with Gasteiger partial charge in [-0.3, -0.25) is 9.89 Å². The van der Waals surface area contributed by atoms with Gasteiger partial charge in [-0.05, 0) is 43.7 Å². The van der Waals surface area contributed by atoms with Gasteiger partial charge in [-0.1, -0.05) is 5.16 Å². The molecule has 3 aromatic rings. The summed E-state index contributed by atoms with van der Waals surface area (Å²) in [7, 11) is 1.62. The van der Waals surface area contributed by atoms with Crippen LogP contribution in [0.15, 0.2) is 34.9 Å². The van der Waals surface area contributed by atoms with Crippen molar-refractivity contribution in [3.63, 3.8) is 0 Å². The summed E-state index contributed by atoms with van der Waals surface area (Å²) in [4.78, 5) is 18.8. The van der Waals surface area contributed by atoms with E-state index in [1.54, 1.807) is 25.0 Å². The number of methoxy groups -OCH3 is 1. The van der Waals surface area contributed by atoms with E-state index < -0.39 is 0 Å². The van der Waals surface area contributed by atoms with Gasteiger partial charge in [0.1, 0.15) is 11.4 Å². The van der Waals surface area contributed by atoms with E-state index in [-0.39, 0.29) is 11.8 Å². The highest BCUT2D eigenvalue weighted by Gasteiger charge is 2.32. The van der Waals surface area contributed by atoms with E-state index in [9.17, 15) is 4.79 Å². The van der Waals surface area contributed by atoms with E-state index in [1.807, 2.05) is 24.3 Å². The average molecular weight is 353 g/mol. The molecule has 2 aromatic heterocycles. The highest BCUT2D eigenvalue weighted by atomic mass is 16.5. The molecule has 0 aliphatic carbocycles. The molecule has 0 bridgehead atoms. The van der Waals surface area contributed by atoms with Crippen molar-refractivity contribution < 1.29 is 14.1 Å². The molecule has 1 N–H and O–H groups in total. The molecule has 1 unspecified atom stereocenters. The van der Waals surface area contributed by atoms with Crippen molar-refractivity contribution in [2.75, 3.05) is 20.2 Å². The molecule has 0 saturated carbocycles. The minimum absolute atomic E-state index is 0.0731. The number of hydrogen-bond acceptors (Lipinski definition) is 6. The second-order valence-electron chi connectivity index (χ2n) is 6.31.